The van der Waals surface area contributed by atoms with Gasteiger partial charge in [0.05, 0.1) is 6.54 Å². The van der Waals surface area contributed by atoms with Crippen LogP contribution in [0.25, 0.3) is 0 Å². The average molecular weight is 262 g/mol. The van der Waals surface area contributed by atoms with Crippen molar-refractivity contribution < 1.29 is 0 Å². The number of hydrogen-bond donors (Lipinski definition) is 1. The fraction of sp³-hybridized carbons (Fsp3) is 0.467. The highest BCUT2D eigenvalue weighted by molar-refractivity contribution is 7.11. The van der Waals surface area contributed by atoms with Gasteiger partial charge in [-0.15, -0.1) is 11.3 Å². The van der Waals surface area contributed by atoms with Crippen LogP contribution in [0, 0.1) is 0 Å². The summed E-state index contributed by atoms with van der Waals surface area (Å²) >= 11 is 1.90. The van der Waals surface area contributed by atoms with Crippen molar-refractivity contribution in [2.24, 2.45) is 5.73 Å². The molecule has 0 aromatic carbocycles. The molecule has 2 nitrogen and oxygen atoms in total. The molecule has 1 atom stereocenters. The third kappa shape index (κ3) is 3.24. The minimum absolute atomic E-state index is 0.186. The summed E-state index contributed by atoms with van der Waals surface area (Å²) in [5.41, 5.74) is 7.38. The molecule has 1 unspecified atom stereocenters. The second-order valence-electron chi connectivity index (χ2n) is 4.73. The van der Waals surface area contributed by atoms with Crippen molar-refractivity contribution in [1.82, 2.24) is 4.57 Å². The lowest BCUT2D eigenvalue weighted by atomic mass is 10.1. The number of nitrogens with zero attached hydrogens (tertiary/aromatic N) is 1. The van der Waals surface area contributed by atoms with Crippen molar-refractivity contribution in [1.29, 1.82) is 0 Å². The second kappa shape index (κ2) is 6.21. The fourth-order valence-electron chi connectivity index (χ4n) is 2.13. The molecule has 0 bridgehead atoms. The van der Waals surface area contributed by atoms with Crippen LogP contribution < -0.4 is 5.73 Å². The van der Waals surface area contributed by atoms with E-state index in [2.05, 4.69) is 49.0 Å². The Morgan fingerprint density at radius 1 is 1.22 bits per heavy atom. The molecule has 2 N–H and O–H groups in total. The Labute approximate surface area is 113 Å². The fourth-order valence-corrected chi connectivity index (χ4v) is 3.10. The van der Waals surface area contributed by atoms with E-state index in [1.165, 1.54) is 15.3 Å². The van der Waals surface area contributed by atoms with E-state index >= 15 is 0 Å². The van der Waals surface area contributed by atoms with Crippen molar-refractivity contribution in [3.05, 3.63) is 45.9 Å². The topological polar surface area (TPSA) is 30.9 Å². The van der Waals surface area contributed by atoms with Gasteiger partial charge >= 0.3 is 0 Å². The summed E-state index contributed by atoms with van der Waals surface area (Å²) < 4.78 is 2.23. The van der Waals surface area contributed by atoms with Crippen LogP contribution >= 0.6 is 11.3 Å². The Hall–Kier alpha value is -1.06. The largest absolute Gasteiger partial charge is 0.349 e. The van der Waals surface area contributed by atoms with Gasteiger partial charge in [0.25, 0.3) is 0 Å². The van der Waals surface area contributed by atoms with Gasteiger partial charge in [-0.2, -0.15) is 0 Å². The Morgan fingerprint density at radius 3 is 2.67 bits per heavy atom. The smallest absolute Gasteiger partial charge is 0.0563 e. The quantitative estimate of drug-likeness (QED) is 0.839. The number of aromatic nitrogens is 1. The van der Waals surface area contributed by atoms with E-state index in [0.29, 0.717) is 0 Å². The van der Waals surface area contributed by atoms with E-state index in [1.54, 1.807) is 0 Å². The van der Waals surface area contributed by atoms with Crippen molar-refractivity contribution in [3.8, 4) is 0 Å². The minimum atomic E-state index is 0.186. The zero-order chi connectivity index (χ0) is 13.0. The maximum absolute atomic E-state index is 6.13. The lowest BCUT2D eigenvalue weighted by Crippen LogP contribution is -2.08. The molecule has 3 heteroatoms. The van der Waals surface area contributed by atoms with Crippen molar-refractivity contribution >= 4 is 11.3 Å². The first kappa shape index (κ1) is 13.4. The molecule has 0 aliphatic heterocycles. The van der Waals surface area contributed by atoms with Gasteiger partial charge in [-0.25, -0.2) is 0 Å². The summed E-state index contributed by atoms with van der Waals surface area (Å²) in [7, 11) is 0. The zero-order valence-electron chi connectivity index (χ0n) is 11.2. The zero-order valence-corrected chi connectivity index (χ0v) is 12.0. The van der Waals surface area contributed by atoms with Gasteiger partial charge in [0.1, 0.15) is 0 Å². The van der Waals surface area contributed by atoms with Crippen LogP contribution in [0.4, 0.5) is 0 Å². The molecule has 2 heterocycles. The Morgan fingerprint density at radius 2 is 2.00 bits per heavy atom. The van der Waals surface area contributed by atoms with E-state index in [-0.39, 0.29) is 6.04 Å². The molecule has 0 aliphatic rings. The number of aryl methyl sites for hydroxylation is 1. The van der Waals surface area contributed by atoms with Crippen LogP contribution in [0.15, 0.2) is 30.6 Å². The van der Waals surface area contributed by atoms with Gasteiger partial charge in [0.2, 0.25) is 0 Å². The van der Waals surface area contributed by atoms with Crippen LogP contribution in [0.1, 0.15) is 48.0 Å². The maximum atomic E-state index is 6.13. The van der Waals surface area contributed by atoms with Gasteiger partial charge in [0, 0.05) is 28.2 Å². The number of hydrogen-bond acceptors (Lipinski definition) is 2. The third-order valence-corrected chi connectivity index (χ3v) is 4.42. The lowest BCUT2D eigenvalue weighted by Gasteiger charge is -2.07. The summed E-state index contributed by atoms with van der Waals surface area (Å²) in [6.45, 7) is 5.34. The van der Waals surface area contributed by atoms with Gasteiger partial charge < -0.3 is 10.3 Å². The highest BCUT2D eigenvalue weighted by atomic mass is 32.1. The SMILES string of the molecule is CCCC(N)c1ccn(Cc2ccc(CC)s2)c1. The molecule has 0 saturated heterocycles. The van der Waals surface area contributed by atoms with E-state index in [4.69, 9.17) is 5.73 Å². The predicted octanol–water partition coefficient (Wildman–Crippen LogP) is 3.96. The van der Waals surface area contributed by atoms with Gasteiger partial charge in [-0.05, 0) is 36.6 Å². The number of rotatable bonds is 6. The highest BCUT2D eigenvalue weighted by Gasteiger charge is 2.07. The van der Waals surface area contributed by atoms with E-state index < -0.39 is 0 Å². The summed E-state index contributed by atoms with van der Waals surface area (Å²) in [6.07, 6.45) is 7.64. The van der Waals surface area contributed by atoms with Crippen molar-refractivity contribution in [2.75, 3.05) is 0 Å². The summed E-state index contributed by atoms with van der Waals surface area (Å²) in [5.74, 6) is 0. The molecule has 0 saturated carbocycles. The van der Waals surface area contributed by atoms with Crippen molar-refractivity contribution in [2.45, 2.75) is 45.7 Å². The van der Waals surface area contributed by atoms with Crippen molar-refractivity contribution in [3.63, 3.8) is 0 Å². The summed E-state index contributed by atoms with van der Waals surface area (Å²) in [5, 5.41) is 0. The predicted molar refractivity (Wildman–Crippen MR) is 79.1 cm³/mol. The monoisotopic (exact) mass is 262 g/mol. The second-order valence-corrected chi connectivity index (χ2v) is 5.99. The van der Waals surface area contributed by atoms with Crippen LogP contribution in [0.2, 0.25) is 0 Å². The Bertz CT molecular complexity index is 484. The lowest BCUT2D eigenvalue weighted by molar-refractivity contribution is 0.636. The van der Waals surface area contributed by atoms with Crippen LogP contribution in [-0.2, 0) is 13.0 Å². The first-order valence-electron chi connectivity index (χ1n) is 6.71. The molecule has 2 rings (SSSR count). The van der Waals surface area contributed by atoms with Gasteiger partial charge in [0.15, 0.2) is 0 Å². The molecule has 0 fully saturated rings. The third-order valence-electron chi connectivity index (χ3n) is 3.21. The minimum Gasteiger partial charge on any atom is -0.349 e. The standard InChI is InChI=1S/C15H22N2S/c1-3-5-15(16)12-8-9-17(10-12)11-14-7-6-13(4-2)18-14/h6-10,15H,3-5,11,16H2,1-2H3. The van der Waals surface area contributed by atoms with Crippen LogP contribution in [-0.4, -0.2) is 4.57 Å². The number of nitrogens with two attached hydrogens (primary N) is 1. The molecule has 0 spiro atoms. The normalized spacial score (nSPS) is 12.8. The molecule has 0 amide bonds. The first-order chi connectivity index (χ1) is 8.72. The maximum Gasteiger partial charge on any atom is 0.0563 e. The van der Waals surface area contributed by atoms with E-state index in [9.17, 15) is 0 Å². The molecule has 2 aromatic heterocycles. The van der Waals surface area contributed by atoms with E-state index in [0.717, 1.165) is 25.8 Å². The summed E-state index contributed by atoms with van der Waals surface area (Å²) in [4.78, 5) is 2.87. The molecule has 0 aliphatic carbocycles. The number of thiophene rings is 1. The van der Waals surface area contributed by atoms with Crippen LogP contribution in [0.5, 0.6) is 0 Å². The average Bonchev–Trinajstić information content (AvgIpc) is 2.99. The Balaban J connectivity index is 2.01. The first-order valence-corrected chi connectivity index (χ1v) is 7.53. The highest BCUT2D eigenvalue weighted by Crippen LogP contribution is 2.20. The molecule has 18 heavy (non-hydrogen) atoms. The molecule has 2 aromatic rings. The summed E-state index contributed by atoms with van der Waals surface area (Å²) in [6, 6.07) is 6.79. The van der Waals surface area contributed by atoms with E-state index in [1.807, 2.05) is 11.3 Å². The molecular weight excluding hydrogens is 240 g/mol. The van der Waals surface area contributed by atoms with Gasteiger partial charge in [-0.1, -0.05) is 20.3 Å². The molecular formula is C15H22N2S. The van der Waals surface area contributed by atoms with Crippen LogP contribution in [0.3, 0.4) is 0 Å². The Kier molecular flexibility index (Phi) is 4.61. The molecule has 98 valence electrons. The van der Waals surface area contributed by atoms with Gasteiger partial charge in [-0.3, -0.25) is 0 Å². The molecule has 0 radical (unpaired) electrons.